The normalized spacial score (nSPS) is 12.8. The van der Waals surface area contributed by atoms with Gasteiger partial charge in [-0.2, -0.15) is 0 Å². The minimum Gasteiger partial charge on any atom is -0.441 e. The van der Waals surface area contributed by atoms with Gasteiger partial charge in [-0.25, -0.2) is 9.37 Å². The van der Waals surface area contributed by atoms with Crippen LogP contribution >= 0.6 is 11.6 Å². The van der Waals surface area contributed by atoms with E-state index in [9.17, 15) is 4.39 Å². The Balaban J connectivity index is 1.90. The van der Waals surface area contributed by atoms with Crippen molar-refractivity contribution in [1.29, 1.82) is 0 Å². The van der Waals surface area contributed by atoms with Gasteiger partial charge < -0.3 is 10.2 Å². The summed E-state index contributed by atoms with van der Waals surface area (Å²) in [6, 6.07) is 11.3. The van der Waals surface area contributed by atoms with Crippen LogP contribution in [0, 0.1) is 5.82 Å². The van der Waals surface area contributed by atoms with Crippen molar-refractivity contribution in [3.05, 3.63) is 64.8 Å². The van der Waals surface area contributed by atoms with E-state index >= 15 is 0 Å². The summed E-state index contributed by atoms with van der Waals surface area (Å²) in [5, 5.41) is 0.314. The zero-order valence-electron chi connectivity index (χ0n) is 10.5. The second kappa shape index (κ2) is 5.23. The number of fused-ring (bicyclic) bond motifs is 1. The van der Waals surface area contributed by atoms with Gasteiger partial charge in [-0.1, -0.05) is 29.8 Å². The van der Waals surface area contributed by atoms with Gasteiger partial charge in [-0.05, 0) is 24.3 Å². The number of benzene rings is 2. The minimum atomic E-state index is -0.600. The number of hydrogen-bond donors (Lipinski definition) is 1. The van der Waals surface area contributed by atoms with Crippen LogP contribution < -0.4 is 5.73 Å². The first-order valence-corrected chi connectivity index (χ1v) is 6.57. The average molecular weight is 291 g/mol. The van der Waals surface area contributed by atoms with E-state index in [-0.39, 0.29) is 12.0 Å². The standard InChI is InChI=1S/C15H12ClFN2O/c16-9-4-3-5-10(17)15(9)11(18)8-14-19-12-6-1-2-7-13(12)20-14/h1-7,11H,8,18H2. The van der Waals surface area contributed by atoms with Crippen molar-refractivity contribution in [3.8, 4) is 0 Å². The van der Waals surface area contributed by atoms with Crippen molar-refractivity contribution in [3.63, 3.8) is 0 Å². The third-order valence-electron chi connectivity index (χ3n) is 3.10. The molecule has 0 amide bonds. The molecule has 0 bridgehead atoms. The van der Waals surface area contributed by atoms with Gasteiger partial charge in [0.1, 0.15) is 11.3 Å². The fourth-order valence-electron chi connectivity index (χ4n) is 2.16. The van der Waals surface area contributed by atoms with Crippen LogP contribution in [0.1, 0.15) is 17.5 Å². The first-order valence-electron chi connectivity index (χ1n) is 6.19. The predicted molar refractivity (Wildman–Crippen MR) is 76.1 cm³/mol. The molecule has 0 aliphatic heterocycles. The molecule has 0 spiro atoms. The lowest BCUT2D eigenvalue weighted by Crippen LogP contribution is -2.15. The Kier molecular flexibility index (Phi) is 3.42. The van der Waals surface area contributed by atoms with E-state index in [1.165, 1.54) is 6.07 Å². The summed E-state index contributed by atoms with van der Waals surface area (Å²) in [5.41, 5.74) is 7.76. The molecule has 5 heteroatoms. The summed E-state index contributed by atoms with van der Waals surface area (Å²) in [4.78, 5) is 4.33. The molecule has 102 valence electrons. The summed E-state index contributed by atoms with van der Waals surface area (Å²) >= 11 is 6.00. The Morgan fingerprint density at radius 1 is 1.20 bits per heavy atom. The van der Waals surface area contributed by atoms with E-state index in [0.717, 1.165) is 5.52 Å². The highest BCUT2D eigenvalue weighted by Crippen LogP contribution is 2.27. The quantitative estimate of drug-likeness (QED) is 0.797. The van der Waals surface area contributed by atoms with Gasteiger partial charge in [-0.15, -0.1) is 0 Å². The molecule has 0 saturated heterocycles. The molecular formula is C15H12ClFN2O. The number of nitrogens with zero attached hydrogens (tertiary/aromatic N) is 1. The first-order chi connectivity index (χ1) is 9.65. The van der Waals surface area contributed by atoms with Crippen molar-refractivity contribution in [2.75, 3.05) is 0 Å². The molecule has 0 fully saturated rings. The smallest absolute Gasteiger partial charge is 0.197 e. The van der Waals surface area contributed by atoms with Gasteiger partial charge in [0, 0.05) is 23.0 Å². The molecule has 3 aromatic rings. The average Bonchev–Trinajstić information content (AvgIpc) is 2.80. The van der Waals surface area contributed by atoms with Crippen LogP contribution in [0.15, 0.2) is 46.9 Å². The van der Waals surface area contributed by atoms with E-state index in [0.29, 0.717) is 16.5 Å². The predicted octanol–water partition coefficient (Wildman–Crippen LogP) is 3.86. The molecule has 2 N–H and O–H groups in total. The van der Waals surface area contributed by atoms with E-state index in [4.69, 9.17) is 21.8 Å². The maximum Gasteiger partial charge on any atom is 0.197 e. The molecule has 0 aliphatic rings. The lowest BCUT2D eigenvalue weighted by atomic mass is 10.0. The summed E-state index contributed by atoms with van der Waals surface area (Å²) in [6.07, 6.45) is 0.287. The fourth-order valence-corrected chi connectivity index (χ4v) is 2.47. The molecule has 1 atom stereocenters. The zero-order chi connectivity index (χ0) is 14.1. The molecule has 3 nitrogen and oxygen atoms in total. The Morgan fingerprint density at radius 3 is 2.75 bits per heavy atom. The molecule has 0 aliphatic carbocycles. The number of oxazole rings is 1. The molecule has 2 aromatic carbocycles. The Hall–Kier alpha value is -1.91. The third kappa shape index (κ3) is 2.40. The number of para-hydroxylation sites is 2. The van der Waals surface area contributed by atoms with Crippen LogP contribution in [0.3, 0.4) is 0 Å². The maximum absolute atomic E-state index is 13.8. The van der Waals surface area contributed by atoms with E-state index < -0.39 is 11.9 Å². The van der Waals surface area contributed by atoms with Crippen LogP contribution in [0.2, 0.25) is 5.02 Å². The summed E-state index contributed by atoms with van der Waals surface area (Å²) in [5.74, 6) is 0.0548. The van der Waals surface area contributed by atoms with Crippen molar-refractivity contribution >= 4 is 22.7 Å². The van der Waals surface area contributed by atoms with Crippen LogP contribution in [-0.4, -0.2) is 4.98 Å². The van der Waals surface area contributed by atoms with Gasteiger partial charge in [0.2, 0.25) is 0 Å². The zero-order valence-corrected chi connectivity index (χ0v) is 11.3. The van der Waals surface area contributed by atoms with Crippen LogP contribution in [-0.2, 0) is 6.42 Å². The molecule has 0 radical (unpaired) electrons. The van der Waals surface area contributed by atoms with Gasteiger partial charge >= 0.3 is 0 Å². The van der Waals surface area contributed by atoms with Gasteiger partial charge in [0.15, 0.2) is 11.5 Å². The Labute approximate surface area is 120 Å². The highest BCUT2D eigenvalue weighted by molar-refractivity contribution is 6.31. The van der Waals surface area contributed by atoms with E-state index in [1.54, 1.807) is 12.1 Å². The van der Waals surface area contributed by atoms with Crippen molar-refractivity contribution in [2.45, 2.75) is 12.5 Å². The number of nitrogens with two attached hydrogens (primary N) is 1. The van der Waals surface area contributed by atoms with Gasteiger partial charge in [-0.3, -0.25) is 0 Å². The Bertz CT molecular complexity index is 703. The van der Waals surface area contributed by atoms with Crippen LogP contribution in [0.4, 0.5) is 4.39 Å². The first kappa shape index (κ1) is 13.1. The van der Waals surface area contributed by atoms with Gasteiger partial charge in [0.05, 0.1) is 0 Å². The molecule has 1 aromatic heterocycles. The topological polar surface area (TPSA) is 52.0 Å². The molecule has 3 rings (SSSR count). The second-order valence-corrected chi connectivity index (χ2v) is 4.93. The Morgan fingerprint density at radius 2 is 2.00 bits per heavy atom. The molecule has 0 saturated carbocycles. The largest absolute Gasteiger partial charge is 0.441 e. The van der Waals surface area contributed by atoms with E-state index in [1.807, 2.05) is 24.3 Å². The number of rotatable bonds is 3. The van der Waals surface area contributed by atoms with Crippen LogP contribution in [0.25, 0.3) is 11.1 Å². The highest BCUT2D eigenvalue weighted by Gasteiger charge is 2.18. The van der Waals surface area contributed by atoms with Gasteiger partial charge in [0.25, 0.3) is 0 Å². The second-order valence-electron chi connectivity index (χ2n) is 4.52. The summed E-state index contributed by atoms with van der Waals surface area (Å²) in [7, 11) is 0. The third-order valence-corrected chi connectivity index (χ3v) is 3.43. The highest BCUT2D eigenvalue weighted by atomic mass is 35.5. The fraction of sp³-hybridized carbons (Fsp3) is 0.133. The lowest BCUT2D eigenvalue weighted by Gasteiger charge is -2.12. The van der Waals surface area contributed by atoms with Crippen molar-refractivity contribution in [1.82, 2.24) is 4.98 Å². The van der Waals surface area contributed by atoms with Crippen LogP contribution in [0.5, 0.6) is 0 Å². The van der Waals surface area contributed by atoms with E-state index in [2.05, 4.69) is 4.98 Å². The minimum absolute atomic E-state index is 0.287. The lowest BCUT2D eigenvalue weighted by molar-refractivity contribution is 0.492. The molecule has 1 heterocycles. The van der Waals surface area contributed by atoms with Crippen molar-refractivity contribution in [2.24, 2.45) is 5.73 Å². The number of aromatic nitrogens is 1. The summed E-state index contributed by atoms with van der Waals surface area (Å²) < 4.78 is 19.4. The van der Waals surface area contributed by atoms with Crippen molar-refractivity contribution < 1.29 is 8.81 Å². The summed E-state index contributed by atoms with van der Waals surface area (Å²) in [6.45, 7) is 0. The number of halogens is 2. The maximum atomic E-state index is 13.8. The number of hydrogen-bond acceptors (Lipinski definition) is 3. The molecule has 1 unspecified atom stereocenters. The monoisotopic (exact) mass is 290 g/mol. The molecule has 20 heavy (non-hydrogen) atoms. The molecular weight excluding hydrogens is 279 g/mol. The SMILES string of the molecule is NC(Cc1nc2ccccc2o1)c1c(F)cccc1Cl.